The molecule has 0 saturated heterocycles. The summed E-state index contributed by atoms with van der Waals surface area (Å²) in [6.07, 6.45) is 0. The highest BCUT2D eigenvalue weighted by molar-refractivity contribution is 7.99. The zero-order chi connectivity index (χ0) is 13.1. The Balaban J connectivity index is 2.05. The summed E-state index contributed by atoms with van der Waals surface area (Å²) < 4.78 is 0. The molecule has 1 aromatic carbocycles. The Morgan fingerprint density at radius 1 is 1.44 bits per heavy atom. The minimum absolute atomic E-state index is 0.102. The predicted molar refractivity (Wildman–Crippen MR) is 72.6 cm³/mol. The van der Waals surface area contributed by atoms with E-state index in [-0.39, 0.29) is 11.5 Å². The van der Waals surface area contributed by atoms with Crippen LogP contribution in [-0.2, 0) is 0 Å². The fourth-order valence-electron chi connectivity index (χ4n) is 1.31. The first-order chi connectivity index (χ1) is 8.56. The number of thioether (sulfide) groups is 1. The predicted octanol–water partition coefficient (Wildman–Crippen LogP) is 3.39. The molecule has 18 heavy (non-hydrogen) atoms. The summed E-state index contributed by atoms with van der Waals surface area (Å²) >= 11 is 13.0. The second-order valence-electron chi connectivity index (χ2n) is 3.54. The number of benzene rings is 1. The van der Waals surface area contributed by atoms with Gasteiger partial charge in [-0.25, -0.2) is 4.98 Å². The van der Waals surface area contributed by atoms with Gasteiger partial charge in [0.25, 0.3) is 0 Å². The first-order valence-corrected chi connectivity index (χ1v) is 6.80. The van der Waals surface area contributed by atoms with E-state index in [9.17, 15) is 4.79 Å². The van der Waals surface area contributed by atoms with Gasteiger partial charge in [0.1, 0.15) is 5.82 Å². The van der Waals surface area contributed by atoms with Crippen molar-refractivity contribution in [3.8, 4) is 0 Å². The summed E-state index contributed by atoms with van der Waals surface area (Å²) in [5.74, 6) is 0.831. The highest BCUT2D eigenvalue weighted by atomic mass is 35.5. The minimum atomic E-state index is -0.102. The maximum Gasteiger partial charge on any atom is 0.208 e. The topological polar surface area (TPSA) is 58.6 Å². The number of carbonyl (C=O) groups excluding carboxylic acids is 1. The van der Waals surface area contributed by atoms with Gasteiger partial charge in [-0.3, -0.25) is 9.89 Å². The van der Waals surface area contributed by atoms with Crippen molar-refractivity contribution in [1.82, 2.24) is 15.2 Å². The number of halogens is 2. The molecule has 1 heterocycles. The Morgan fingerprint density at radius 3 is 2.89 bits per heavy atom. The lowest BCUT2D eigenvalue weighted by molar-refractivity contribution is 0.102. The zero-order valence-electron chi connectivity index (χ0n) is 9.41. The lowest BCUT2D eigenvalue weighted by Gasteiger charge is -2.02. The average Bonchev–Trinajstić information content (AvgIpc) is 2.75. The molecule has 2 aromatic rings. The van der Waals surface area contributed by atoms with Crippen molar-refractivity contribution in [3.63, 3.8) is 0 Å². The van der Waals surface area contributed by atoms with Crippen LogP contribution in [0.5, 0.6) is 0 Å². The van der Waals surface area contributed by atoms with E-state index in [1.54, 1.807) is 25.1 Å². The number of H-pyrrole nitrogens is 1. The third-order valence-corrected chi connectivity index (χ3v) is 3.55. The van der Waals surface area contributed by atoms with Crippen LogP contribution in [0.3, 0.4) is 0 Å². The normalized spacial score (nSPS) is 10.6. The second kappa shape index (κ2) is 5.73. The molecule has 0 fully saturated rings. The smallest absolute Gasteiger partial charge is 0.208 e. The molecule has 1 aromatic heterocycles. The number of hydrogen-bond acceptors (Lipinski definition) is 4. The van der Waals surface area contributed by atoms with Crippen LogP contribution in [0.15, 0.2) is 23.4 Å². The van der Waals surface area contributed by atoms with Gasteiger partial charge < -0.3 is 0 Å². The van der Waals surface area contributed by atoms with E-state index in [1.165, 1.54) is 11.8 Å². The third kappa shape index (κ3) is 3.25. The second-order valence-corrected chi connectivity index (χ2v) is 5.33. The highest BCUT2D eigenvalue weighted by Gasteiger charge is 2.12. The molecule has 0 aliphatic carbocycles. The number of Topliss-reactive ketones (excluding diaryl/α,β-unsaturated/α-hetero) is 1. The summed E-state index contributed by atoms with van der Waals surface area (Å²) in [5, 5.41) is 8.08. The summed E-state index contributed by atoms with van der Waals surface area (Å²) in [7, 11) is 0. The Hall–Kier alpha value is -1.04. The van der Waals surface area contributed by atoms with Crippen molar-refractivity contribution in [2.45, 2.75) is 12.1 Å². The van der Waals surface area contributed by atoms with E-state index < -0.39 is 0 Å². The molecule has 0 bridgehead atoms. The number of aromatic amines is 1. The lowest BCUT2D eigenvalue weighted by Crippen LogP contribution is -2.03. The molecule has 0 amide bonds. The molecule has 0 unspecified atom stereocenters. The number of hydrogen-bond donors (Lipinski definition) is 1. The van der Waals surface area contributed by atoms with Crippen LogP contribution in [0, 0.1) is 6.92 Å². The van der Waals surface area contributed by atoms with E-state index >= 15 is 0 Å². The molecule has 4 nitrogen and oxygen atoms in total. The van der Waals surface area contributed by atoms with Crippen molar-refractivity contribution in [2.75, 3.05) is 5.75 Å². The Kier molecular flexibility index (Phi) is 4.27. The van der Waals surface area contributed by atoms with Crippen LogP contribution in [-0.4, -0.2) is 26.7 Å². The largest absolute Gasteiger partial charge is 0.293 e. The molecule has 2 rings (SSSR count). The number of aryl methyl sites for hydroxylation is 1. The van der Waals surface area contributed by atoms with Crippen LogP contribution >= 0.6 is 35.0 Å². The molecule has 0 radical (unpaired) electrons. The summed E-state index contributed by atoms with van der Waals surface area (Å²) in [5.41, 5.74) is 0.420. The molecule has 0 atom stereocenters. The SMILES string of the molecule is Cc1nc(SCC(=O)c2cc(Cl)ccc2Cl)n[nH]1. The van der Waals surface area contributed by atoms with Gasteiger partial charge in [0, 0.05) is 10.6 Å². The molecule has 0 aliphatic rings. The number of rotatable bonds is 4. The van der Waals surface area contributed by atoms with Crippen LogP contribution in [0.1, 0.15) is 16.2 Å². The average molecular weight is 302 g/mol. The molecule has 7 heteroatoms. The maximum atomic E-state index is 12.0. The van der Waals surface area contributed by atoms with Gasteiger partial charge in [-0.2, -0.15) is 0 Å². The van der Waals surface area contributed by atoms with E-state index in [1.807, 2.05) is 0 Å². The fraction of sp³-hybridized carbons (Fsp3) is 0.182. The number of nitrogens with zero attached hydrogens (tertiary/aromatic N) is 2. The van der Waals surface area contributed by atoms with Crippen LogP contribution in [0.2, 0.25) is 10.0 Å². The monoisotopic (exact) mass is 301 g/mol. The Labute approximate surface area is 118 Å². The minimum Gasteiger partial charge on any atom is -0.293 e. The Bertz CT molecular complexity index is 585. The van der Waals surface area contributed by atoms with Gasteiger partial charge in [-0.1, -0.05) is 35.0 Å². The third-order valence-electron chi connectivity index (χ3n) is 2.14. The van der Waals surface area contributed by atoms with E-state index in [4.69, 9.17) is 23.2 Å². The van der Waals surface area contributed by atoms with Gasteiger partial charge in [0.2, 0.25) is 5.16 Å². The van der Waals surface area contributed by atoms with Gasteiger partial charge in [-0.15, -0.1) is 5.10 Å². The number of aromatic nitrogens is 3. The standard InChI is InChI=1S/C11H9Cl2N3OS/c1-6-14-11(16-15-6)18-5-10(17)8-4-7(12)2-3-9(8)13/h2-4H,5H2,1H3,(H,14,15,16). The van der Waals surface area contributed by atoms with Crippen LogP contribution < -0.4 is 0 Å². The van der Waals surface area contributed by atoms with Crippen molar-refractivity contribution in [2.24, 2.45) is 0 Å². The van der Waals surface area contributed by atoms with Gasteiger partial charge in [-0.05, 0) is 25.1 Å². The molecule has 94 valence electrons. The van der Waals surface area contributed by atoms with Gasteiger partial charge in [0.05, 0.1) is 10.8 Å². The van der Waals surface area contributed by atoms with Gasteiger partial charge >= 0.3 is 0 Å². The molecule has 0 aliphatic heterocycles. The van der Waals surface area contributed by atoms with E-state index in [2.05, 4.69) is 15.2 Å². The van der Waals surface area contributed by atoms with Crippen LogP contribution in [0.25, 0.3) is 0 Å². The van der Waals surface area contributed by atoms with Gasteiger partial charge in [0.15, 0.2) is 5.78 Å². The lowest BCUT2D eigenvalue weighted by atomic mass is 10.1. The van der Waals surface area contributed by atoms with Crippen LogP contribution in [0.4, 0.5) is 0 Å². The van der Waals surface area contributed by atoms with E-state index in [0.717, 1.165) is 0 Å². The van der Waals surface area contributed by atoms with E-state index in [0.29, 0.717) is 26.6 Å². The molecular formula is C11H9Cl2N3OS. The van der Waals surface area contributed by atoms with Crippen molar-refractivity contribution in [1.29, 1.82) is 0 Å². The summed E-state index contributed by atoms with van der Waals surface area (Å²) in [6, 6.07) is 4.82. The highest BCUT2D eigenvalue weighted by Crippen LogP contribution is 2.23. The quantitative estimate of drug-likeness (QED) is 0.694. The first kappa shape index (κ1) is 13.4. The van der Waals surface area contributed by atoms with Crippen molar-refractivity contribution < 1.29 is 4.79 Å². The Morgan fingerprint density at radius 2 is 2.22 bits per heavy atom. The zero-order valence-corrected chi connectivity index (χ0v) is 11.7. The fourth-order valence-corrected chi connectivity index (χ4v) is 2.43. The molecule has 0 spiro atoms. The number of carbonyl (C=O) groups is 1. The van der Waals surface area contributed by atoms with Crippen molar-refractivity contribution in [3.05, 3.63) is 39.6 Å². The first-order valence-electron chi connectivity index (χ1n) is 5.06. The molecule has 0 saturated carbocycles. The summed E-state index contributed by atoms with van der Waals surface area (Å²) in [4.78, 5) is 16.1. The molecule has 1 N–H and O–H groups in total. The maximum absolute atomic E-state index is 12.0. The number of ketones is 1. The molecular weight excluding hydrogens is 293 g/mol. The van der Waals surface area contributed by atoms with Crippen molar-refractivity contribution >= 4 is 40.7 Å². The summed E-state index contributed by atoms with van der Waals surface area (Å²) in [6.45, 7) is 1.80. The number of nitrogens with one attached hydrogen (secondary N) is 1.